The fourth-order valence-electron chi connectivity index (χ4n) is 5.44. The maximum atomic E-state index is 12.0. The number of hydrogen-bond acceptors (Lipinski definition) is 9. The number of fused-ring (bicyclic) bond motifs is 1. The average Bonchev–Trinajstić information content (AvgIpc) is 3.39. The van der Waals surface area contributed by atoms with Gasteiger partial charge in [-0.15, -0.1) is 0 Å². The van der Waals surface area contributed by atoms with Crippen molar-refractivity contribution in [2.24, 2.45) is 5.92 Å². The van der Waals surface area contributed by atoms with Crippen LogP contribution in [0.2, 0.25) is 0 Å². The maximum Gasteiger partial charge on any atom is 0.222 e. The molecule has 3 heterocycles. The molecule has 0 saturated carbocycles. The van der Waals surface area contributed by atoms with Crippen molar-refractivity contribution in [1.29, 1.82) is 0 Å². The molecule has 0 aliphatic carbocycles. The first-order valence-electron chi connectivity index (χ1n) is 15.5. The van der Waals surface area contributed by atoms with Gasteiger partial charge in [0.1, 0.15) is 17.0 Å². The van der Waals surface area contributed by atoms with E-state index in [2.05, 4.69) is 60.1 Å². The molecule has 1 saturated heterocycles. The smallest absolute Gasteiger partial charge is 0.222 e. The number of hydrogen-bond donors (Lipinski definition) is 3. The van der Waals surface area contributed by atoms with Gasteiger partial charge in [0.25, 0.3) is 0 Å². The van der Waals surface area contributed by atoms with Crippen LogP contribution in [0, 0.1) is 5.92 Å². The number of carbonyl (C=O) groups is 2. The monoisotopic (exact) mass is 592 g/mol. The number of aromatic nitrogens is 3. The number of ketones is 1. The number of amides is 1. The minimum absolute atomic E-state index is 0.0498. The van der Waals surface area contributed by atoms with Gasteiger partial charge in [-0.2, -0.15) is 4.98 Å². The Morgan fingerprint density at radius 1 is 1.05 bits per heavy atom. The van der Waals surface area contributed by atoms with E-state index in [-0.39, 0.29) is 30.0 Å². The molecule has 234 valence electrons. The lowest BCUT2D eigenvalue weighted by atomic mass is 10.0. The molecule has 11 heteroatoms. The normalized spacial score (nSPS) is 15.0. The van der Waals surface area contributed by atoms with Crippen molar-refractivity contribution in [2.45, 2.75) is 59.5 Å². The molecule has 0 radical (unpaired) electrons. The van der Waals surface area contributed by atoms with Crippen molar-refractivity contribution >= 4 is 34.5 Å². The molecule has 2 aromatic heterocycles. The zero-order chi connectivity index (χ0) is 30.8. The molecule has 1 aliphatic heterocycles. The molecule has 1 amide bonds. The van der Waals surface area contributed by atoms with Crippen LogP contribution in [0.3, 0.4) is 0 Å². The lowest BCUT2D eigenvalue weighted by Crippen LogP contribution is -2.48. The van der Waals surface area contributed by atoms with Crippen molar-refractivity contribution in [3.63, 3.8) is 0 Å². The van der Waals surface area contributed by atoms with Crippen LogP contribution < -0.4 is 21.1 Å². The number of rotatable bonds is 16. The Kier molecular flexibility index (Phi) is 11.7. The van der Waals surface area contributed by atoms with Gasteiger partial charge < -0.3 is 25.7 Å². The number of anilines is 2. The van der Waals surface area contributed by atoms with Crippen LogP contribution in [-0.4, -0.2) is 88.9 Å². The van der Waals surface area contributed by atoms with E-state index >= 15 is 0 Å². The molecular formula is C32H48N8O3. The SMILES string of the molecule is CCCCCNc1nc(N)nc2ccn(Cc3ccc(CN4CCN(CCNC(=O)CC(C)C(C)=O)CC4)cc3OC)c12. The fraction of sp³-hybridized carbons (Fsp3) is 0.562. The summed E-state index contributed by atoms with van der Waals surface area (Å²) < 4.78 is 7.99. The number of nitrogens with one attached hydrogen (secondary N) is 2. The van der Waals surface area contributed by atoms with Crippen molar-refractivity contribution in [3.05, 3.63) is 41.6 Å². The second-order valence-electron chi connectivity index (χ2n) is 11.6. The quantitative estimate of drug-likeness (QED) is 0.214. The summed E-state index contributed by atoms with van der Waals surface area (Å²) in [7, 11) is 1.72. The second-order valence-corrected chi connectivity index (χ2v) is 11.6. The van der Waals surface area contributed by atoms with Crippen molar-refractivity contribution in [1.82, 2.24) is 29.7 Å². The highest BCUT2D eigenvalue weighted by Gasteiger charge is 2.19. The van der Waals surface area contributed by atoms with Crippen molar-refractivity contribution in [2.75, 3.05) is 64.0 Å². The number of nitrogens with two attached hydrogens (primary N) is 1. The summed E-state index contributed by atoms with van der Waals surface area (Å²) in [5, 5.41) is 6.42. The Balaban J connectivity index is 1.31. The largest absolute Gasteiger partial charge is 0.496 e. The molecular weight excluding hydrogens is 544 g/mol. The van der Waals surface area contributed by atoms with E-state index in [0.717, 1.165) is 86.8 Å². The Hall–Kier alpha value is -3.70. The predicted octanol–water partition coefficient (Wildman–Crippen LogP) is 3.52. The van der Waals surface area contributed by atoms with E-state index in [1.54, 1.807) is 14.0 Å². The highest BCUT2D eigenvalue weighted by molar-refractivity contribution is 5.87. The summed E-state index contributed by atoms with van der Waals surface area (Å²) in [6, 6.07) is 8.46. The van der Waals surface area contributed by atoms with Crippen LogP contribution in [0.5, 0.6) is 5.75 Å². The third-order valence-electron chi connectivity index (χ3n) is 8.20. The molecule has 11 nitrogen and oxygen atoms in total. The fourth-order valence-corrected chi connectivity index (χ4v) is 5.44. The third kappa shape index (κ3) is 9.14. The predicted molar refractivity (Wildman–Crippen MR) is 171 cm³/mol. The van der Waals surface area contributed by atoms with Gasteiger partial charge in [0, 0.05) is 76.5 Å². The van der Waals surface area contributed by atoms with Gasteiger partial charge in [0.2, 0.25) is 11.9 Å². The number of piperazine rings is 1. The molecule has 0 spiro atoms. The molecule has 1 unspecified atom stereocenters. The van der Waals surface area contributed by atoms with Crippen LogP contribution in [0.15, 0.2) is 30.5 Å². The number of nitrogen functional groups attached to an aromatic ring is 1. The highest BCUT2D eigenvalue weighted by atomic mass is 16.5. The van der Waals surface area contributed by atoms with Crippen LogP contribution in [0.1, 0.15) is 57.6 Å². The molecule has 1 aromatic carbocycles. The van der Waals surface area contributed by atoms with Gasteiger partial charge in [-0.3, -0.25) is 19.4 Å². The molecule has 0 bridgehead atoms. The molecule has 4 rings (SSSR count). The van der Waals surface area contributed by atoms with Gasteiger partial charge in [-0.05, 0) is 31.0 Å². The number of Topliss-reactive ketones (excluding diaryl/α,β-unsaturated/α-hetero) is 1. The maximum absolute atomic E-state index is 12.0. The van der Waals surface area contributed by atoms with Crippen LogP contribution in [0.25, 0.3) is 11.0 Å². The van der Waals surface area contributed by atoms with Crippen LogP contribution in [-0.2, 0) is 22.7 Å². The Morgan fingerprint density at radius 3 is 2.53 bits per heavy atom. The van der Waals surface area contributed by atoms with Crippen LogP contribution in [0.4, 0.5) is 11.8 Å². The van der Waals surface area contributed by atoms with Gasteiger partial charge in [0.05, 0.1) is 19.2 Å². The van der Waals surface area contributed by atoms with E-state index in [1.807, 2.05) is 12.3 Å². The topological polar surface area (TPSA) is 131 Å². The Morgan fingerprint density at radius 2 is 1.81 bits per heavy atom. The molecule has 3 aromatic rings. The lowest BCUT2D eigenvalue weighted by Gasteiger charge is -2.34. The van der Waals surface area contributed by atoms with Crippen LogP contribution >= 0.6 is 0 Å². The van der Waals surface area contributed by atoms with Gasteiger partial charge in [-0.25, -0.2) is 4.98 Å². The Bertz CT molecular complexity index is 1370. The number of methoxy groups -OCH3 is 1. The average molecular weight is 593 g/mol. The standard InChI is InChI=1S/C32H48N8O3/c1-5-6-7-11-35-31-30-27(36-32(33)37-31)10-13-40(30)22-26-9-8-25(20-28(26)43-4)21-39-17-15-38(16-18-39)14-12-34-29(42)19-23(2)24(3)41/h8-10,13,20,23H,5-7,11-12,14-19,21-22H2,1-4H3,(H,34,42)(H3,33,35,36,37). The van der Waals surface area contributed by atoms with E-state index in [0.29, 0.717) is 13.1 Å². The first-order chi connectivity index (χ1) is 20.8. The number of carbonyl (C=O) groups excluding carboxylic acids is 2. The second kappa shape index (κ2) is 15.7. The van der Waals surface area contributed by atoms with E-state index in [1.165, 1.54) is 18.9 Å². The zero-order valence-corrected chi connectivity index (χ0v) is 26.2. The first-order valence-corrected chi connectivity index (χ1v) is 15.5. The summed E-state index contributed by atoms with van der Waals surface area (Å²) in [4.78, 5) is 37.2. The summed E-state index contributed by atoms with van der Waals surface area (Å²) >= 11 is 0. The number of unbranched alkanes of at least 4 members (excludes halogenated alkanes) is 2. The van der Waals surface area contributed by atoms with Crippen molar-refractivity contribution in [3.8, 4) is 5.75 Å². The highest BCUT2D eigenvalue weighted by Crippen LogP contribution is 2.27. The summed E-state index contributed by atoms with van der Waals surface area (Å²) in [6.45, 7) is 13.1. The van der Waals surface area contributed by atoms with Gasteiger partial charge in [-0.1, -0.05) is 38.8 Å². The number of ether oxygens (including phenoxy) is 1. The lowest BCUT2D eigenvalue weighted by molar-refractivity contribution is -0.127. The summed E-state index contributed by atoms with van der Waals surface area (Å²) in [6.07, 6.45) is 5.69. The first kappa shape index (κ1) is 32.2. The molecule has 1 atom stereocenters. The number of nitrogens with zero attached hydrogens (tertiary/aromatic N) is 5. The van der Waals surface area contributed by atoms with Gasteiger partial charge >= 0.3 is 0 Å². The molecule has 4 N–H and O–H groups in total. The van der Waals surface area contributed by atoms with E-state index < -0.39 is 0 Å². The zero-order valence-electron chi connectivity index (χ0n) is 26.2. The minimum atomic E-state index is -0.227. The minimum Gasteiger partial charge on any atom is -0.496 e. The van der Waals surface area contributed by atoms with E-state index in [9.17, 15) is 9.59 Å². The van der Waals surface area contributed by atoms with Gasteiger partial charge in [0.15, 0.2) is 5.82 Å². The molecule has 43 heavy (non-hydrogen) atoms. The Labute approximate surface area is 255 Å². The number of benzene rings is 1. The summed E-state index contributed by atoms with van der Waals surface area (Å²) in [5.41, 5.74) is 10.1. The van der Waals surface area contributed by atoms with Crippen molar-refractivity contribution < 1.29 is 14.3 Å². The summed E-state index contributed by atoms with van der Waals surface area (Å²) in [5.74, 6) is 1.67. The van der Waals surface area contributed by atoms with E-state index in [4.69, 9.17) is 10.5 Å². The molecule has 1 fully saturated rings. The molecule has 1 aliphatic rings. The third-order valence-corrected chi connectivity index (χ3v) is 8.20.